The number of anilines is 1. The fourth-order valence-electron chi connectivity index (χ4n) is 5.26. The number of carbonyl (C=O) groups is 1. The van der Waals surface area contributed by atoms with Crippen molar-refractivity contribution < 1.29 is 14.3 Å². The van der Waals surface area contributed by atoms with Gasteiger partial charge in [-0.3, -0.25) is 4.90 Å². The van der Waals surface area contributed by atoms with Crippen LogP contribution in [0.15, 0.2) is 60.8 Å². The summed E-state index contributed by atoms with van der Waals surface area (Å²) in [6, 6.07) is 10.7. The van der Waals surface area contributed by atoms with Gasteiger partial charge in [0.2, 0.25) is 0 Å². The van der Waals surface area contributed by atoms with E-state index in [1.165, 1.54) is 5.56 Å². The first kappa shape index (κ1) is 26.9. The lowest BCUT2D eigenvalue weighted by Gasteiger charge is -2.29. The summed E-state index contributed by atoms with van der Waals surface area (Å²) in [4.78, 5) is 22.9. The number of allylic oxidation sites excluding steroid dienone is 4. The fourth-order valence-corrected chi connectivity index (χ4v) is 5.26. The first-order chi connectivity index (χ1) is 17.9. The van der Waals surface area contributed by atoms with Crippen molar-refractivity contribution in [3.05, 3.63) is 77.5 Å². The van der Waals surface area contributed by atoms with E-state index in [1.807, 2.05) is 46.0 Å². The van der Waals surface area contributed by atoms with Crippen molar-refractivity contribution in [2.24, 2.45) is 0 Å². The van der Waals surface area contributed by atoms with Crippen molar-refractivity contribution in [2.75, 3.05) is 24.5 Å². The zero-order chi connectivity index (χ0) is 26.4. The third-order valence-corrected chi connectivity index (χ3v) is 6.93. The molecule has 0 bridgehead atoms. The Morgan fingerprint density at radius 2 is 2.00 bits per heavy atom. The van der Waals surface area contributed by atoms with E-state index in [4.69, 9.17) is 14.5 Å². The van der Waals surface area contributed by atoms with Gasteiger partial charge in [0, 0.05) is 37.8 Å². The molecule has 1 aromatic heterocycles. The van der Waals surface area contributed by atoms with Gasteiger partial charge in [-0.15, -0.1) is 0 Å². The molecule has 0 radical (unpaired) electrons. The zero-order valence-electron chi connectivity index (χ0n) is 22.9. The average molecular weight is 504 g/mol. The van der Waals surface area contributed by atoms with Gasteiger partial charge in [0.1, 0.15) is 17.1 Å². The van der Waals surface area contributed by atoms with Gasteiger partial charge in [0.05, 0.1) is 12.2 Å². The molecule has 2 aromatic rings. The van der Waals surface area contributed by atoms with Crippen molar-refractivity contribution in [2.45, 2.75) is 78.2 Å². The lowest BCUT2D eigenvalue weighted by atomic mass is 9.89. The van der Waals surface area contributed by atoms with Gasteiger partial charge in [-0.05, 0) is 76.4 Å². The molecule has 4 rings (SSSR count). The molecule has 2 aliphatic rings. The average Bonchev–Trinajstić information content (AvgIpc) is 3.37. The maximum Gasteiger partial charge on any atom is 0.342 e. The minimum atomic E-state index is -0.284. The molecular formula is C31H41N3O3. The van der Waals surface area contributed by atoms with Crippen LogP contribution in [0, 0.1) is 0 Å². The molecule has 2 atom stereocenters. The van der Waals surface area contributed by atoms with Crippen LogP contribution < -0.4 is 9.64 Å². The first-order valence-corrected chi connectivity index (χ1v) is 13.6. The predicted molar refractivity (Wildman–Crippen MR) is 149 cm³/mol. The lowest BCUT2D eigenvalue weighted by Crippen LogP contribution is -2.37. The van der Waals surface area contributed by atoms with Gasteiger partial charge in [0.25, 0.3) is 0 Å². The molecule has 6 heteroatoms. The van der Waals surface area contributed by atoms with E-state index in [0.717, 1.165) is 56.2 Å². The molecule has 1 aliphatic heterocycles. The number of ether oxygens (including phenoxy) is 2. The molecule has 1 aromatic carbocycles. The van der Waals surface area contributed by atoms with E-state index in [2.05, 4.69) is 59.2 Å². The number of aromatic nitrogens is 1. The number of hydrogen-bond acceptors (Lipinski definition) is 6. The molecule has 1 unspecified atom stereocenters. The number of benzene rings is 1. The predicted octanol–water partition coefficient (Wildman–Crippen LogP) is 6.13. The maximum absolute atomic E-state index is 13.4. The normalized spacial score (nSPS) is 19.3. The van der Waals surface area contributed by atoms with Crippen molar-refractivity contribution in [3.63, 3.8) is 0 Å². The number of hydrogen-bond donors (Lipinski definition) is 0. The van der Waals surface area contributed by atoms with Gasteiger partial charge >= 0.3 is 5.97 Å². The van der Waals surface area contributed by atoms with Crippen LogP contribution in [0.5, 0.6) is 5.75 Å². The molecule has 0 spiro atoms. The second-order valence-corrected chi connectivity index (χ2v) is 10.5. The Labute approximate surface area is 222 Å². The van der Waals surface area contributed by atoms with Gasteiger partial charge < -0.3 is 14.4 Å². The third-order valence-electron chi connectivity index (χ3n) is 6.93. The molecule has 1 saturated heterocycles. The van der Waals surface area contributed by atoms with Crippen LogP contribution >= 0.6 is 0 Å². The Hall–Kier alpha value is -3.12. The highest BCUT2D eigenvalue weighted by Crippen LogP contribution is 2.34. The van der Waals surface area contributed by atoms with Gasteiger partial charge in [-0.2, -0.15) is 0 Å². The van der Waals surface area contributed by atoms with Crippen molar-refractivity contribution in [1.29, 1.82) is 0 Å². The monoisotopic (exact) mass is 503 g/mol. The molecule has 0 saturated carbocycles. The Bertz CT molecular complexity index is 1120. The van der Waals surface area contributed by atoms with Crippen LogP contribution in [0.1, 0.15) is 74.9 Å². The number of carbonyl (C=O) groups excluding carboxylic acids is 1. The van der Waals surface area contributed by atoms with Crippen molar-refractivity contribution in [3.8, 4) is 5.75 Å². The minimum absolute atomic E-state index is 0.146. The first-order valence-electron chi connectivity index (χ1n) is 13.6. The summed E-state index contributed by atoms with van der Waals surface area (Å²) in [6.45, 7) is 13.6. The fraction of sp³-hybridized carbons (Fsp3) is 0.484. The second-order valence-electron chi connectivity index (χ2n) is 10.5. The van der Waals surface area contributed by atoms with Crippen LogP contribution in [0.25, 0.3) is 0 Å². The summed E-state index contributed by atoms with van der Waals surface area (Å²) < 4.78 is 11.6. The van der Waals surface area contributed by atoms with E-state index >= 15 is 0 Å². The van der Waals surface area contributed by atoms with Crippen LogP contribution in [0.3, 0.4) is 0 Å². The molecule has 1 fully saturated rings. The highest BCUT2D eigenvalue weighted by molar-refractivity contribution is 5.97. The smallest absolute Gasteiger partial charge is 0.342 e. The van der Waals surface area contributed by atoms with Crippen LogP contribution in [0.4, 0.5) is 5.82 Å². The Balaban J connectivity index is 1.55. The quantitative estimate of drug-likeness (QED) is 0.363. The number of esters is 1. The van der Waals surface area contributed by atoms with E-state index in [-0.39, 0.29) is 24.1 Å². The van der Waals surface area contributed by atoms with E-state index in [9.17, 15) is 4.79 Å². The standard InChI is InChI=1S/C31H41N3O3/c1-6-33(20-24-11-10-14-27(19-24)36-22(2)3)26-16-18-34(21-26)30-29(31(35)37-23(4)5)28(15-17-32-30)25-12-8-7-9-13-25/h7-12,14-15,17,19,22-23,25-26H,6,13,16,18,20-21H2,1-5H3/t25?,26-/m1/s1. The lowest BCUT2D eigenvalue weighted by molar-refractivity contribution is 0.0376. The van der Waals surface area contributed by atoms with Gasteiger partial charge in [-0.1, -0.05) is 43.4 Å². The molecule has 0 amide bonds. The molecule has 6 nitrogen and oxygen atoms in total. The van der Waals surface area contributed by atoms with Crippen molar-refractivity contribution >= 4 is 11.8 Å². The van der Waals surface area contributed by atoms with Crippen molar-refractivity contribution in [1.82, 2.24) is 9.88 Å². The SMILES string of the molecule is CCN(Cc1cccc(OC(C)C)c1)[C@@H]1CCN(c2nccc(C3C=CC=CC3)c2C(=O)OC(C)C)C1. The summed E-state index contributed by atoms with van der Waals surface area (Å²) in [5.74, 6) is 1.52. The number of likely N-dealkylation sites (N-methyl/N-ethyl adjacent to an activating group) is 1. The van der Waals surface area contributed by atoms with Gasteiger partial charge in [-0.25, -0.2) is 9.78 Å². The Morgan fingerprint density at radius 1 is 1.16 bits per heavy atom. The van der Waals surface area contributed by atoms with E-state index in [1.54, 1.807) is 0 Å². The molecule has 0 N–H and O–H groups in total. The molecular weight excluding hydrogens is 462 g/mol. The summed E-state index contributed by atoms with van der Waals surface area (Å²) in [5, 5.41) is 0. The Morgan fingerprint density at radius 3 is 2.70 bits per heavy atom. The minimum Gasteiger partial charge on any atom is -0.491 e. The molecule has 198 valence electrons. The third kappa shape index (κ3) is 6.80. The second kappa shape index (κ2) is 12.4. The largest absolute Gasteiger partial charge is 0.491 e. The molecule has 1 aliphatic carbocycles. The summed E-state index contributed by atoms with van der Waals surface area (Å²) in [5.41, 5.74) is 2.86. The number of pyridine rings is 1. The van der Waals surface area contributed by atoms with Crippen LogP contribution in [-0.2, 0) is 11.3 Å². The molecule has 37 heavy (non-hydrogen) atoms. The summed E-state index contributed by atoms with van der Waals surface area (Å²) in [7, 11) is 0. The van der Waals surface area contributed by atoms with E-state index < -0.39 is 0 Å². The zero-order valence-corrected chi connectivity index (χ0v) is 22.9. The van der Waals surface area contributed by atoms with Gasteiger partial charge in [0.15, 0.2) is 0 Å². The topological polar surface area (TPSA) is 54.9 Å². The van der Waals surface area contributed by atoms with Crippen LogP contribution in [-0.4, -0.2) is 53.7 Å². The number of rotatable bonds is 10. The summed E-state index contributed by atoms with van der Waals surface area (Å²) in [6.07, 6.45) is 12.1. The Kier molecular flexibility index (Phi) is 9.04. The summed E-state index contributed by atoms with van der Waals surface area (Å²) >= 11 is 0. The highest BCUT2D eigenvalue weighted by Gasteiger charge is 2.33. The highest BCUT2D eigenvalue weighted by atomic mass is 16.5. The van der Waals surface area contributed by atoms with Crippen LogP contribution in [0.2, 0.25) is 0 Å². The number of nitrogens with zero attached hydrogens (tertiary/aromatic N) is 3. The maximum atomic E-state index is 13.4. The molecule has 2 heterocycles. The van der Waals surface area contributed by atoms with E-state index in [0.29, 0.717) is 11.6 Å².